The first-order valence-corrected chi connectivity index (χ1v) is 5.62. The van der Waals surface area contributed by atoms with Gasteiger partial charge >= 0.3 is 0 Å². The molecule has 1 fully saturated rings. The molecule has 0 radical (unpaired) electrons. The van der Waals surface area contributed by atoms with E-state index in [0.29, 0.717) is 12.1 Å². The molecule has 2 aliphatic rings. The number of aliphatic imine (C=N–C) groups is 1. The highest BCUT2D eigenvalue weighted by Gasteiger charge is 2.30. The lowest BCUT2D eigenvalue weighted by atomic mass is 9.92. The van der Waals surface area contributed by atoms with Gasteiger partial charge in [0.1, 0.15) is 0 Å². The van der Waals surface area contributed by atoms with Gasteiger partial charge < -0.3 is 5.32 Å². The number of hydroxylamine groups is 1. The molecule has 1 aliphatic heterocycles. The molecule has 14 heavy (non-hydrogen) atoms. The Labute approximate surface area is 85.1 Å². The van der Waals surface area contributed by atoms with Gasteiger partial charge in [-0.1, -0.05) is 19.8 Å². The molecule has 2 atom stereocenters. The average molecular weight is 197 g/mol. The van der Waals surface area contributed by atoms with Crippen molar-refractivity contribution in [1.82, 2.24) is 10.8 Å². The summed E-state index contributed by atoms with van der Waals surface area (Å²) in [4.78, 5) is 9.78. The predicted molar refractivity (Wildman–Crippen MR) is 56.0 cm³/mol. The van der Waals surface area contributed by atoms with E-state index >= 15 is 0 Å². The Hall–Kier alpha value is -0.770. The lowest BCUT2D eigenvalue weighted by Crippen LogP contribution is -2.41. The summed E-state index contributed by atoms with van der Waals surface area (Å²) in [6, 6.07) is 1.04. The van der Waals surface area contributed by atoms with Crippen LogP contribution in [0.25, 0.3) is 0 Å². The Morgan fingerprint density at radius 1 is 1.50 bits per heavy atom. The molecular formula is C10H19N3O. The van der Waals surface area contributed by atoms with E-state index in [1.807, 2.05) is 0 Å². The molecule has 0 spiro atoms. The topological polar surface area (TPSA) is 45.6 Å². The largest absolute Gasteiger partial charge is 0.350 e. The van der Waals surface area contributed by atoms with Crippen LogP contribution < -0.4 is 10.8 Å². The Morgan fingerprint density at radius 3 is 3.14 bits per heavy atom. The van der Waals surface area contributed by atoms with Crippen LogP contribution in [-0.2, 0) is 4.84 Å². The predicted octanol–water partition coefficient (Wildman–Crippen LogP) is 1.19. The summed E-state index contributed by atoms with van der Waals surface area (Å²) in [6.07, 6.45) is 6.12. The molecule has 1 heterocycles. The van der Waals surface area contributed by atoms with Gasteiger partial charge in [-0.15, -0.1) is 0 Å². The standard InChI is InChI=1S/C10H19N3O/c1-2-7-14-13-10-11-8-5-3-4-6-9(8)12-10/h8-9H,2-7H2,1H3,(H2,11,12,13). The summed E-state index contributed by atoms with van der Waals surface area (Å²) < 4.78 is 0. The quantitative estimate of drug-likeness (QED) is 0.527. The highest BCUT2D eigenvalue weighted by molar-refractivity contribution is 5.81. The Kier molecular flexibility index (Phi) is 3.24. The van der Waals surface area contributed by atoms with Crippen molar-refractivity contribution in [3.05, 3.63) is 0 Å². The minimum Gasteiger partial charge on any atom is -0.350 e. The highest BCUT2D eigenvalue weighted by atomic mass is 16.6. The second-order valence-corrected chi connectivity index (χ2v) is 4.03. The van der Waals surface area contributed by atoms with Crippen LogP contribution in [-0.4, -0.2) is 24.7 Å². The smallest absolute Gasteiger partial charge is 0.216 e. The molecule has 0 amide bonds. The maximum absolute atomic E-state index is 5.23. The molecule has 2 rings (SSSR count). The van der Waals surface area contributed by atoms with Gasteiger partial charge in [-0.2, -0.15) is 0 Å². The normalized spacial score (nSPS) is 30.5. The van der Waals surface area contributed by atoms with E-state index in [2.05, 4.69) is 22.7 Å². The first-order chi connectivity index (χ1) is 6.90. The summed E-state index contributed by atoms with van der Waals surface area (Å²) in [7, 11) is 0. The average Bonchev–Trinajstić information content (AvgIpc) is 2.60. The van der Waals surface area contributed by atoms with E-state index in [4.69, 9.17) is 4.84 Å². The summed E-state index contributed by atoms with van der Waals surface area (Å²) >= 11 is 0. The van der Waals surface area contributed by atoms with E-state index in [1.165, 1.54) is 25.7 Å². The van der Waals surface area contributed by atoms with Gasteiger partial charge in [0, 0.05) is 0 Å². The molecule has 80 valence electrons. The van der Waals surface area contributed by atoms with Crippen LogP contribution in [0.5, 0.6) is 0 Å². The summed E-state index contributed by atoms with van der Waals surface area (Å²) in [5, 5.41) is 3.37. The van der Waals surface area contributed by atoms with Crippen molar-refractivity contribution in [2.24, 2.45) is 4.99 Å². The molecular weight excluding hydrogens is 178 g/mol. The van der Waals surface area contributed by atoms with Crippen molar-refractivity contribution in [2.75, 3.05) is 6.61 Å². The van der Waals surface area contributed by atoms with Crippen LogP contribution >= 0.6 is 0 Å². The van der Waals surface area contributed by atoms with Gasteiger partial charge in [0.05, 0.1) is 18.7 Å². The van der Waals surface area contributed by atoms with Gasteiger partial charge in [0.25, 0.3) is 0 Å². The highest BCUT2D eigenvalue weighted by Crippen LogP contribution is 2.24. The third kappa shape index (κ3) is 2.18. The van der Waals surface area contributed by atoms with E-state index in [-0.39, 0.29) is 0 Å². The number of fused-ring (bicyclic) bond motifs is 1. The molecule has 2 N–H and O–H groups in total. The Balaban J connectivity index is 1.77. The van der Waals surface area contributed by atoms with Gasteiger partial charge in [-0.3, -0.25) is 4.84 Å². The molecule has 2 unspecified atom stereocenters. The molecule has 1 aliphatic carbocycles. The molecule has 4 heteroatoms. The second-order valence-electron chi connectivity index (χ2n) is 4.03. The molecule has 0 saturated heterocycles. The summed E-state index contributed by atoms with van der Waals surface area (Å²) in [5.41, 5.74) is 2.88. The van der Waals surface area contributed by atoms with Gasteiger partial charge in [0.15, 0.2) is 0 Å². The Bertz CT molecular complexity index is 217. The SMILES string of the molecule is CCCONC1=NC2CCCCC2N1. The molecule has 4 nitrogen and oxygen atoms in total. The van der Waals surface area contributed by atoms with Crippen molar-refractivity contribution in [2.45, 2.75) is 51.1 Å². The summed E-state index contributed by atoms with van der Waals surface area (Å²) in [6.45, 7) is 2.82. The first-order valence-electron chi connectivity index (χ1n) is 5.62. The van der Waals surface area contributed by atoms with Crippen LogP contribution in [0.15, 0.2) is 4.99 Å². The molecule has 0 aromatic carbocycles. The molecule has 0 aromatic rings. The lowest BCUT2D eigenvalue weighted by Gasteiger charge is -2.22. The van der Waals surface area contributed by atoms with Crippen LogP contribution in [0.4, 0.5) is 0 Å². The van der Waals surface area contributed by atoms with Crippen molar-refractivity contribution in [3.8, 4) is 0 Å². The van der Waals surface area contributed by atoms with Gasteiger partial charge in [-0.05, 0) is 19.3 Å². The number of rotatable bonds is 3. The molecule has 1 saturated carbocycles. The maximum atomic E-state index is 5.23. The fourth-order valence-corrected chi connectivity index (χ4v) is 2.09. The fraction of sp³-hybridized carbons (Fsp3) is 0.900. The van der Waals surface area contributed by atoms with Crippen molar-refractivity contribution >= 4 is 5.96 Å². The third-order valence-electron chi connectivity index (χ3n) is 2.82. The Morgan fingerprint density at radius 2 is 2.36 bits per heavy atom. The number of hydrogen-bond donors (Lipinski definition) is 2. The van der Waals surface area contributed by atoms with Crippen molar-refractivity contribution < 1.29 is 4.84 Å². The summed E-state index contributed by atoms with van der Waals surface area (Å²) in [5.74, 6) is 0.829. The monoisotopic (exact) mass is 197 g/mol. The van der Waals surface area contributed by atoms with E-state index in [0.717, 1.165) is 19.0 Å². The van der Waals surface area contributed by atoms with E-state index in [1.54, 1.807) is 0 Å². The van der Waals surface area contributed by atoms with Crippen LogP contribution in [0.3, 0.4) is 0 Å². The molecule has 0 bridgehead atoms. The zero-order valence-electron chi connectivity index (χ0n) is 8.75. The first kappa shape index (κ1) is 9.77. The number of hydrogen-bond acceptors (Lipinski definition) is 4. The van der Waals surface area contributed by atoms with Gasteiger partial charge in [-0.25, -0.2) is 10.5 Å². The number of nitrogens with one attached hydrogen (secondary N) is 2. The van der Waals surface area contributed by atoms with E-state index < -0.39 is 0 Å². The van der Waals surface area contributed by atoms with Gasteiger partial charge in [0.2, 0.25) is 5.96 Å². The minimum absolute atomic E-state index is 0.483. The number of guanidine groups is 1. The second kappa shape index (κ2) is 4.64. The van der Waals surface area contributed by atoms with Crippen LogP contribution in [0.2, 0.25) is 0 Å². The maximum Gasteiger partial charge on any atom is 0.216 e. The van der Waals surface area contributed by atoms with E-state index in [9.17, 15) is 0 Å². The van der Waals surface area contributed by atoms with Crippen LogP contribution in [0, 0.1) is 0 Å². The zero-order valence-corrected chi connectivity index (χ0v) is 8.75. The van der Waals surface area contributed by atoms with Crippen molar-refractivity contribution in [1.29, 1.82) is 0 Å². The molecule has 0 aromatic heterocycles. The zero-order chi connectivity index (χ0) is 9.80. The number of nitrogens with zero attached hydrogens (tertiary/aromatic N) is 1. The van der Waals surface area contributed by atoms with Crippen molar-refractivity contribution in [3.63, 3.8) is 0 Å². The third-order valence-corrected chi connectivity index (χ3v) is 2.82. The minimum atomic E-state index is 0.483. The fourth-order valence-electron chi connectivity index (χ4n) is 2.09. The lowest BCUT2D eigenvalue weighted by molar-refractivity contribution is 0.0834. The van der Waals surface area contributed by atoms with Crippen LogP contribution in [0.1, 0.15) is 39.0 Å².